The summed E-state index contributed by atoms with van der Waals surface area (Å²) in [6.45, 7) is 2.07. The Balaban J connectivity index is 2.00. The lowest BCUT2D eigenvalue weighted by Crippen LogP contribution is -2.29. The van der Waals surface area contributed by atoms with E-state index in [1.807, 2.05) is 54.6 Å². The molecule has 1 unspecified atom stereocenters. The highest BCUT2D eigenvalue weighted by Crippen LogP contribution is 2.16. The molecule has 0 aliphatic carbocycles. The van der Waals surface area contributed by atoms with Crippen molar-refractivity contribution in [2.45, 2.75) is 25.8 Å². The van der Waals surface area contributed by atoms with Gasteiger partial charge in [0.2, 0.25) is 5.91 Å². The number of nitrogen functional groups attached to an aromatic ring is 1. The Bertz CT molecular complexity index is 566. The third-order valence-electron chi connectivity index (χ3n) is 3.26. The second-order valence-corrected chi connectivity index (χ2v) is 4.86. The molecule has 104 valence electrons. The highest BCUT2D eigenvalue weighted by atomic mass is 16.1. The summed E-state index contributed by atoms with van der Waals surface area (Å²) in [6.07, 6.45) is 1.22. The lowest BCUT2D eigenvalue weighted by atomic mass is 10.0. The quantitative estimate of drug-likeness (QED) is 0.819. The molecule has 2 aromatic carbocycles. The van der Waals surface area contributed by atoms with Crippen LogP contribution >= 0.6 is 0 Å². The van der Waals surface area contributed by atoms with Crippen LogP contribution in [0.15, 0.2) is 54.6 Å². The maximum Gasteiger partial charge on any atom is 0.224 e. The first kappa shape index (κ1) is 14.1. The van der Waals surface area contributed by atoms with Crippen LogP contribution in [0.2, 0.25) is 0 Å². The number of hydrogen-bond donors (Lipinski definition) is 2. The van der Waals surface area contributed by atoms with Crippen LogP contribution in [0.4, 0.5) is 5.69 Å². The number of rotatable bonds is 5. The molecule has 1 amide bonds. The number of carbonyl (C=O) groups excluding carboxylic acids is 1. The first-order valence-electron chi connectivity index (χ1n) is 6.87. The van der Waals surface area contributed by atoms with Crippen molar-refractivity contribution in [1.29, 1.82) is 0 Å². The smallest absolute Gasteiger partial charge is 0.224 e. The van der Waals surface area contributed by atoms with E-state index in [9.17, 15) is 4.79 Å². The number of nitrogens with two attached hydrogens (primary N) is 1. The van der Waals surface area contributed by atoms with Gasteiger partial charge in [0.1, 0.15) is 0 Å². The van der Waals surface area contributed by atoms with Crippen molar-refractivity contribution in [3.8, 4) is 0 Å². The van der Waals surface area contributed by atoms with Gasteiger partial charge in [0.15, 0.2) is 0 Å². The van der Waals surface area contributed by atoms with Crippen LogP contribution in [0.5, 0.6) is 0 Å². The molecule has 0 aliphatic heterocycles. The molecular weight excluding hydrogens is 248 g/mol. The van der Waals surface area contributed by atoms with Crippen molar-refractivity contribution in [2.75, 3.05) is 5.73 Å². The molecule has 0 bridgehead atoms. The number of hydrogen-bond acceptors (Lipinski definition) is 2. The van der Waals surface area contributed by atoms with E-state index in [0.29, 0.717) is 12.1 Å². The van der Waals surface area contributed by atoms with Crippen molar-refractivity contribution in [1.82, 2.24) is 5.32 Å². The molecule has 0 spiro atoms. The molecule has 20 heavy (non-hydrogen) atoms. The van der Waals surface area contributed by atoms with E-state index in [0.717, 1.165) is 17.5 Å². The predicted molar refractivity (Wildman–Crippen MR) is 82.2 cm³/mol. The lowest BCUT2D eigenvalue weighted by Gasteiger charge is -2.17. The van der Waals surface area contributed by atoms with Crippen molar-refractivity contribution in [2.24, 2.45) is 0 Å². The molecule has 3 heteroatoms. The third kappa shape index (κ3) is 3.85. The molecule has 2 aromatic rings. The second-order valence-electron chi connectivity index (χ2n) is 4.86. The Morgan fingerprint density at radius 2 is 1.90 bits per heavy atom. The topological polar surface area (TPSA) is 55.1 Å². The highest BCUT2D eigenvalue weighted by molar-refractivity contribution is 5.79. The summed E-state index contributed by atoms with van der Waals surface area (Å²) in [4.78, 5) is 12.1. The van der Waals surface area contributed by atoms with Crippen molar-refractivity contribution >= 4 is 11.6 Å². The largest absolute Gasteiger partial charge is 0.399 e. The van der Waals surface area contributed by atoms with Gasteiger partial charge in [-0.1, -0.05) is 49.4 Å². The number of nitrogens with one attached hydrogen (secondary N) is 1. The Morgan fingerprint density at radius 3 is 2.55 bits per heavy atom. The third-order valence-corrected chi connectivity index (χ3v) is 3.26. The first-order valence-corrected chi connectivity index (χ1v) is 6.87. The minimum atomic E-state index is 0.0197. The van der Waals surface area contributed by atoms with Crippen molar-refractivity contribution in [3.05, 3.63) is 65.7 Å². The van der Waals surface area contributed by atoms with Gasteiger partial charge in [-0.25, -0.2) is 0 Å². The summed E-state index contributed by atoms with van der Waals surface area (Å²) in [5.41, 5.74) is 8.48. The van der Waals surface area contributed by atoms with E-state index in [-0.39, 0.29) is 11.9 Å². The van der Waals surface area contributed by atoms with Crippen LogP contribution in [0.25, 0.3) is 0 Å². The minimum absolute atomic E-state index is 0.0197. The van der Waals surface area contributed by atoms with Gasteiger partial charge in [-0.3, -0.25) is 4.79 Å². The molecule has 3 nitrogen and oxygen atoms in total. The molecule has 0 aliphatic rings. The molecular formula is C17H20N2O. The van der Waals surface area contributed by atoms with Gasteiger partial charge < -0.3 is 11.1 Å². The van der Waals surface area contributed by atoms with E-state index in [1.54, 1.807) is 0 Å². The van der Waals surface area contributed by atoms with Gasteiger partial charge in [-0.05, 0) is 29.7 Å². The van der Waals surface area contributed by atoms with Crippen LogP contribution in [0, 0.1) is 0 Å². The standard InChI is InChI=1S/C17H20N2O/c1-2-16(14-8-4-3-5-9-14)19-17(20)12-13-7-6-10-15(18)11-13/h3-11,16H,2,12,18H2,1H3,(H,19,20). The average molecular weight is 268 g/mol. The van der Waals surface area contributed by atoms with Crippen LogP contribution in [0.1, 0.15) is 30.5 Å². The Hall–Kier alpha value is -2.29. The molecule has 0 saturated carbocycles. The SMILES string of the molecule is CCC(NC(=O)Cc1cccc(N)c1)c1ccccc1. The summed E-state index contributed by atoms with van der Waals surface area (Å²) >= 11 is 0. The van der Waals surface area contributed by atoms with Crippen LogP contribution in [-0.2, 0) is 11.2 Å². The molecule has 0 fully saturated rings. The van der Waals surface area contributed by atoms with E-state index in [2.05, 4.69) is 12.2 Å². The Morgan fingerprint density at radius 1 is 1.15 bits per heavy atom. The zero-order chi connectivity index (χ0) is 14.4. The fourth-order valence-corrected chi connectivity index (χ4v) is 2.24. The first-order chi connectivity index (χ1) is 9.69. The zero-order valence-corrected chi connectivity index (χ0v) is 11.7. The van der Waals surface area contributed by atoms with Gasteiger partial charge in [0, 0.05) is 5.69 Å². The second kappa shape index (κ2) is 6.75. The maximum absolute atomic E-state index is 12.1. The predicted octanol–water partition coefficient (Wildman–Crippen LogP) is 3.08. The Kier molecular flexibility index (Phi) is 4.77. The van der Waals surface area contributed by atoms with Gasteiger partial charge in [-0.15, -0.1) is 0 Å². The molecule has 0 radical (unpaired) electrons. The Labute approximate surface area is 119 Å². The maximum atomic E-state index is 12.1. The summed E-state index contributed by atoms with van der Waals surface area (Å²) < 4.78 is 0. The van der Waals surface area contributed by atoms with Crippen LogP contribution < -0.4 is 11.1 Å². The summed E-state index contributed by atoms with van der Waals surface area (Å²) in [5, 5.41) is 3.07. The number of anilines is 1. The monoisotopic (exact) mass is 268 g/mol. The molecule has 0 heterocycles. The van der Waals surface area contributed by atoms with E-state index < -0.39 is 0 Å². The zero-order valence-electron chi connectivity index (χ0n) is 11.7. The molecule has 2 rings (SSSR count). The van der Waals surface area contributed by atoms with Crippen molar-refractivity contribution < 1.29 is 4.79 Å². The van der Waals surface area contributed by atoms with Crippen LogP contribution in [-0.4, -0.2) is 5.91 Å². The van der Waals surface area contributed by atoms with Gasteiger partial charge in [0.25, 0.3) is 0 Å². The van der Waals surface area contributed by atoms with E-state index in [1.165, 1.54) is 0 Å². The summed E-state index contributed by atoms with van der Waals surface area (Å²) in [7, 11) is 0. The molecule has 3 N–H and O–H groups in total. The van der Waals surface area contributed by atoms with E-state index >= 15 is 0 Å². The number of benzene rings is 2. The number of amides is 1. The molecule has 0 saturated heterocycles. The molecule has 1 atom stereocenters. The van der Waals surface area contributed by atoms with Gasteiger partial charge in [-0.2, -0.15) is 0 Å². The fraction of sp³-hybridized carbons (Fsp3) is 0.235. The summed E-state index contributed by atoms with van der Waals surface area (Å²) in [5.74, 6) is 0.0197. The number of carbonyl (C=O) groups is 1. The summed E-state index contributed by atoms with van der Waals surface area (Å²) in [6, 6.07) is 17.5. The average Bonchev–Trinajstić information content (AvgIpc) is 2.45. The van der Waals surface area contributed by atoms with Crippen LogP contribution in [0.3, 0.4) is 0 Å². The normalized spacial score (nSPS) is 11.8. The van der Waals surface area contributed by atoms with Gasteiger partial charge >= 0.3 is 0 Å². The highest BCUT2D eigenvalue weighted by Gasteiger charge is 2.12. The van der Waals surface area contributed by atoms with Crippen molar-refractivity contribution in [3.63, 3.8) is 0 Å². The van der Waals surface area contributed by atoms with Gasteiger partial charge in [0.05, 0.1) is 12.5 Å². The minimum Gasteiger partial charge on any atom is -0.399 e. The van der Waals surface area contributed by atoms with E-state index in [4.69, 9.17) is 5.73 Å². The lowest BCUT2D eigenvalue weighted by molar-refractivity contribution is -0.121. The fourth-order valence-electron chi connectivity index (χ4n) is 2.24. The molecule has 0 aromatic heterocycles.